The van der Waals surface area contributed by atoms with Gasteiger partial charge in [-0.05, 0) is 24.1 Å². The smallest absolute Gasteiger partial charge is 0.299 e. The molecule has 0 saturated heterocycles. The van der Waals surface area contributed by atoms with Crippen LogP contribution in [0.1, 0.15) is 25.8 Å². The van der Waals surface area contributed by atoms with Crippen LogP contribution in [0, 0.1) is 5.92 Å². The van der Waals surface area contributed by atoms with Gasteiger partial charge in [0.05, 0.1) is 10.5 Å². The maximum atomic E-state index is 13.0. The second kappa shape index (κ2) is 9.98. The van der Waals surface area contributed by atoms with Gasteiger partial charge in [-0.1, -0.05) is 68.0 Å². The van der Waals surface area contributed by atoms with Crippen LogP contribution < -0.4 is 10.0 Å². The number of aromatic nitrogens is 2. The summed E-state index contributed by atoms with van der Waals surface area (Å²) >= 11 is 1.11. The molecule has 2 atom stereocenters. The molecule has 33 heavy (non-hydrogen) atoms. The van der Waals surface area contributed by atoms with Crippen LogP contribution in [-0.4, -0.2) is 30.6 Å². The van der Waals surface area contributed by atoms with Gasteiger partial charge in [-0.15, -0.1) is 10.2 Å². The van der Waals surface area contributed by atoms with Gasteiger partial charge in [0.2, 0.25) is 21.1 Å². The molecule has 0 radical (unpaired) electrons. The monoisotopic (exact) mass is 498 g/mol. The minimum Gasteiger partial charge on any atom is -0.299 e. The first-order valence-electron chi connectivity index (χ1n) is 9.90. The lowest BCUT2D eigenvalue weighted by Gasteiger charge is -2.23. The molecule has 0 spiro atoms. The number of halogens is 3. The number of hydrogen-bond acceptors (Lipinski definition) is 6. The van der Waals surface area contributed by atoms with Crippen molar-refractivity contribution in [2.45, 2.75) is 37.4 Å². The van der Waals surface area contributed by atoms with Crippen molar-refractivity contribution in [1.82, 2.24) is 14.9 Å². The maximum Gasteiger partial charge on any atom is 0.416 e. The zero-order valence-electron chi connectivity index (χ0n) is 17.6. The maximum absolute atomic E-state index is 13.0. The molecule has 7 nitrogen and oxygen atoms in total. The fraction of sp³-hybridized carbons (Fsp3) is 0.286. The van der Waals surface area contributed by atoms with Crippen molar-refractivity contribution in [2.75, 3.05) is 5.32 Å². The third-order valence-electron chi connectivity index (χ3n) is 4.93. The average molecular weight is 499 g/mol. The Balaban J connectivity index is 1.81. The Hall–Kier alpha value is -2.83. The number of benzene rings is 2. The fourth-order valence-electron chi connectivity index (χ4n) is 2.89. The molecule has 3 rings (SSSR count). The summed E-state index contributed by atoms with van der Waals surface area (Å²) in [6.07, 6.45) is -4.26. The number of hydrogen-bond donors (Lipinski definition) is 2. The zero-order chi connectivity index (χ0) is 24.2. The van der Waals surface area contributed by atoms with Gasteiger partial charge >= 0.3 is 6.18 Å². The van der Waals surface area contributed by atoms with Crippen LogP contribution in [0.4, 0.5) is 18.3 Å². The summed E-state index contributed by atoms with van der Waals surface area (Å²) < 4.78 is 66.9. The highest BCUT2D eigenvalue weighted by atomic mass is 32.2. The van der Waals surface area contributed by atoms with E-state index in [1.165, 1.54) is 0 Å². The van der Waals surface area contributed by atoms with E-state index in [-0.39, 0.29) is 5.13 Å². The van der Waals surface area contributed by atoms with Gasteiger partial charge in [-0.2, -0.15) is 17.9 Å². The molecule has 0 unspecified atom stereocenters. The standard InChI is InChI=1S/C21H21F3N4O3S2/c1-3-13(2)17(28-33(30,31)16-11-7-10-15(12-16)21(22,23)24)18(29)25-20-27-26-19(32-20)14-8-5-4-6-9-14/h4-13,17,28H,3H2,1-2H3,(H,25,27,29)/t13-,17+/m0/s1. The lowest BCUT2D eigenvalue weighted by molar-refractivity contribution is -0.137. The van der Waals surface area contributed by atoms with Gasteiger partial charge in [0.25, 0.3) is 0 Å². The largest absolute Gasteiger partial charge is 0.416 e. The van der Waals surface area contributed by atoms with Crippen molar-refractivity contribution in [2.24, 2.45) is 5.92 Å². The number of nitrogens with one attached hydrogen (secondary N) is 2. The van der Waals surface area contributed by atoms with E-state index in [1.807, 2.05) is 30.3 Å². The molecular formula is C21H21F3N4O3S2. The molecule has 0 fully saturated rings. The highest BCUT2D eigenvalue weighted by molar-refractivity contribution is 7.89. The van der Waals surface area contributed by atoms with Crippen molar-refractivity contribution in [3.05, 3.63) is 60.2 Å². The van der Waals surface area contributed by atoms with Crippen LogP contribution >= 0.6 is 11.3 Å². The summed E-state index contributed by atoms with van der Waals surface area (Å²) in [5.41, 5.74) is -0.295. The van der Waals surface area contributed by atoms with Crippen LogP contribution in [-0.2, 0) is 21.0 Å². The number of alkyl halides is 3. The first-order valence-corrected chi connectivity index (χ1v) is 12.2. The van der Waals surface area contributed by atoms with Crippen LogP contribution in [0.15, 0.2) is 59.5 Å². The summed E-state index contributed by atoms with van der Waals surface area (Å²) in [5.74, 6) is -1.14. The molecule has 176 valence electrons. The van der Waals surface area contributed by atoms with Crippen molar-refractivity contribution in [3.63, 3.8) is 0 Å². The molecule has 0 bridgehead atoms. The van der Waals surface area contributed by atoms with E-state index in [4.69, 9.17) is 0 Å². The van der Waals surface area contributed by atoms with E-state index < -0.39 is 44.5 Å². The van der Waals surface area contributed by atoms with Crippen molar-refractivity contribution < 1.29 is 26.4 Å². The average Bonchev–Trinajstić information content (AvgIpc) is 3.25. The number of rotatable bonds is 8. The quantitative estimate of drug-likeness (QED) is 0.474. The van der Waals surface area contributed by atoms with Crippen LogP contribution in [0.2, 0.25) is 0 Å². The van der Waals surface area contributed by atoms with Gasteiger partial charge in [-0.25, -0.2) is 8.42 Å². The zero-order valence-corrected chi connectivity index (χ0v) is 19.3. The first-order chi connectivity index (χ1) is 15.5. The SMILES string of the molecule is CC[C@H](C)[C@@H](NS(=O)(=O)c1cccc(C(F)(F)F)c1)C(=O)Nc1nnc(-c2ccccc2)s1. The van der Waals surface area contributed by atoms with E-state index in [2.05, 4.69) is 20.2 Å². The summed E-state index contributed by atoms with van der Waals surface area (Å²) in [5, 5.41) is 11.2. The van der Waals surface area contributed by atoms with Crippen molar-refractivity contribution in [3.8, 4) is 10.6 Å². The van der Waals surface area contributed by atoms with Crippen LogP contribution in [0.3, 0.4) is 0 Å². The van der Waals surface area contributed by atoms with Gasteiger partial charge in [0, 0.05) is 5.56 Å². The number of carbonyl (C=O) groups excluding carboxylic acids is 1. The predicted octanol–water partition coefficient (Wildman–Crippen LogP) is 4.56. The third-order valence-corrected chi connectivity index (χ3v) is 7.25. The third kappa shape index (κ3) is 6.15. The lowest BCUT2D eigenvalue weighted by Crippen LogP contribution is -2.47. The van der Waals surface area contributed by atoms with E-state index in [0.717, 1.165) is 35.1 Å². The Labute approximate surface area is 193 Å². The molecular weight excluding hydrogens is 477 g/mol. The molecule has 2 aromatic carbocycles. The van der Waals surface area contributed by atoms with Crippen LogP contribution in [0.5, 0.6) is 0 Å². The van der Waals surface area contributed by atoms with Gasteiger partial charge in [-0.3, -0.25) is 10.1 Å². The molecule has 12 heteroatoms. The minimum absolute atomic E-state index is 0.172. The summed E-state index contributed by atoms with van der Waals surface area (Å²) in [4.78, 5) is 12.3. The molecule has 0 saturated carbocycles. The second-order valence-corrected chi connectivity index (χ2v) is 9.97. The molecule has 1 amide bonds. The molecule has 1 aromatic heterocycles. The normalized spacial score (nSPS) is 14.0. The molecule has 0 aliphatic carbocycles. The van der Waals surface area contributed by atoms with Gasteiger partial charge in [0.1, 0.15) is 11.0 Å². The number of anilines is 1. The van der Waals surface area contributed by atoms with Crippen LogP contribution in [0.25, 0.3) is 10.6 Å². The molecule has 0 aliphatic heterocycles. The summed E-state index contributed by atoms with van der Waals surface area (Å²) in [7, 11) is -4.42. The second-order valence-electron chi connectivity index (χ2n) is 7.28. The number of nitrogens with zero attached hydrogens (tertiary/aromatic N) is 2. The van der Waals surface area contributed by atoms with Crippen molar-refractivity contribution in [1.29, 1.82) is 0 Å². The molecule has 0 aliphatic rings. The number of sulfonamides is 1. The number of amides is 1. The van der Waals surface area contributed by atoms with E-state index in [1.54, 1.807) is 13.8 Å². The van der Waals surface area contributed by atoms with Crippen molar-refractivity contribution >= 4 is 32.4 Å². The first kappa shape index (κ1) is 24.8. The Morgan fingerprint density at radius 2 is 1.79 bits per heavy atom. The van der Waals surface area contributed by atoms with Gasteiger partial charge in [0.15, 0.2) is 0 Å². The molecule has 3 aromatic rings. The minimum atomic E-state index is -4.70. The highest BCUT2D eigenvalue weighted by Gasteiger charge is 2.34. The predicted molar refractivity (Wildman–Crippen MR) is 119 cm³/mol. The van der Waals surface area contributed by atoms with E-state index in [0.29, 0.717) is 17.5 Å². The summed E-state index contributed by atoms with van der Waals surface area (Å²) in [6, 6.07) is 11.3. The number of carbonyl (C=O) groups is 1. The topological polar surface area (TPSA) is 101 Å². The highest BCUT2D eigenvalue weighted by Crippen LogP contribution is 2.31. The lowest BCUT2D eigenvalue weighted by atomic mass is 9.99. The van der Waals surface area contributed by atoms with E-state index in [9.17, 15) is 26.4 Å². The Morgan fingerprint density at radius 1 is 1.09 bits per heavy atom. The summed E-state index contributed by atoms with van der Waals surface area (Å²) in [6.45, 7) is 3.43. The van der Waals surface area contributed by atoms with E-state index >= 15 is 0 Å². The Bertz CT molecular complexity index is 1210. The fourth-order valence-corrected chi connectivity index (χ4v) is 4.99. The Kier molecular flexibility index (Phi) is 7.50. The Morgan fingerprint density at radius 3 is 2.42 bits per heavy atom. The molecule has 1 heterocycles. The van der Waals surface area contributed by atoms with Gasteiger partial charge < -0.3 is 0 Å². The molecule has 2 N–H and O–H groups in total.